The van der Waals surface area contributed by atoms with Crippen LogP contribution in [0.1, 0.15) is 65.8 Å². The van der Waals surface area contributed by atoms with E-state index >= 15 is 4.39 Å². The van der Waals surface area contributed by atoms with Crippen LogP contribution in [0.25, 0.3) is 10.9 Å². The maximum absolute atomic E-state index is 15.3. The fourth-order valence-electron chi connectivity index (χ4n) is 4.49. The number of halogens is 1. The number of ether oxygens (including phenoxy) is 1. The Labute approximate surface area is 173 Å². The Morgan fingerprint density at radius 3 is 2.77 bits per heavy atom. The molecule has 1 aromatic heterocycles. The topological polar surface area (TPSA) is 88.8 Å². The highest BCUT2D eigenvalue weighted by Crippen LogP contribution is 2.41. The fourth-order valence-corrected chi connectivity index (χ4v) is 4.49. The molecule has 2 aromatic rings. The lowest BCUT2D eigenvalue weighted by atomic mass is 10.0. The van der Waals surface area contributed by atoms with Crippen LogP contribution in [0.4, 0.5) is 10.1 Å². The molecule has 2 fully saturated rings. The molecule has 1 saturated heterocycles. The second-order valence-corrected chi connectivity index (χ2v) is 7.87. The van der Waals surface area contributed by atoms with Gasteiger partial charge in [-0.05, 0) is 45.1 Å². The van der Waals surface area contributed by atoms with E-state index in [-0.39, 0.29) is 47.5 Å². The summed E-state index contributed by atoms with van der Waals surface area (Å²) in [6, 6.07) is 1.11. The Balaban J connectivity index is 1.99. The number of carbonyl (C=O) groups is 2. The molecular formula is C22H25FN2O5. The normalized spacial score (nSPS) is 18.8. The summed E-state index contributed by atoms with van der Waals surface area (Å²) in [6.45, 7) is 2.31. The van der Waals surface area contributed by atoms with E-state index < -0.39 is 17.2 Å². The number of aliphatic hydroxyl groups excluding tert-OH is 1. The van der Waals surface area contributed by atoms with E-state index in [0.717, 1.165) is 31.7 Å². The molecule has 1 saturated carbocycles. The van der Waals surface area contributed by atoms with Gasteiger partial charge in [0.2, 0.25) is 5.43 Å². The molecule has 1 aliphatic carbocycles. The van der Waals surface area contributed by atoms with Gasteiger partial charge >= 0.3 is 5.97 Å². The van der Waals surface area contributed by atoms with Crippen LogP contribution >= 0.6 is 0 Å². The van der Waals surface area contributed by atoms with Crippen molar-refractivity contribution in [3.63, 3.8) is 0 Å². The van der Waals surface area contributed by atoms with E-state index in [0.29, 0.717) is 24.8 Å². The number of benzene rings is 1. The predicted molar refractivity (Wildman–Crippen MR) is 110 cm³/mol. The summed E-state index contributed by atoms with van der Waals surface area (Å²) in [5.74, 6) is -1.42. The third kappa shape index (κ3) is 3.39. The van der Waals surface area contributed by atoms with Crippen LogP contribution in [0.15, 0.2) is 17.1 Å². The molecule has 8 heteroatoms. The predicted octanol–water partition coefficient (Wildman–Crippen LogP) is 2.82. The van der Waals surface area contributed by atoms with Crippen molar-refractivity contribution in [3.8, 4) is 0 Å². The maximum Gasteiger partial charge on any atom is 0.343 e. The van der Waals surface area contributed by atoms with Crippen molar-refractivity contribution in [2.45, 2.75) is 51.1 Å². The summed E-state index contributed by atoms with van der Waals surface area (Å²) in [6.07, 6.45) is 5.85. The largest absolute Gasteiger partial charge is 0.462 e. The highest BCUT2D eigenvalue weighted by molar-refractivity contribution is 6.04. The van der Waals surface area contributed by atoms with Crippen molar-refractivity contribution < 1.29 is 23.8 Å². The summed E-state index contributed by atoms with van der Waals surface area (Å²) in [4.78, 5) is 39.3. The molecule has 1 N–H and O–H groups in total. The number of anilines is 1. The second-order valence-electron chi connectivity index (χ2n) is 7.87. The molecule has 1 atom stereocenters. The number of aromatic nitrogens is 1. The molecule has 30 heavy (non-hydrogen) atoms. The summed E-state index contributed by atoms with van der Waals surface area (Å²) in [5.41, 5.74) is -0.140. The number of nitrogens with zero attached hydrogens (tertiary/aromatic N) is 2. The Kier molecular flexibility index (Phi) is 5.60. The monoisotopic (exact) mass is 416 g/mol. The SMILES string of the molecule is CCOC(=O)c1cn(C2CC2)c2c(C=O)c(N3CCCC3CCO)c(F)cc2c1=O. The van der Waals surface area contributed by atoms with Gasteiger partial charge in [0.15, 0.2) is 6.29 Å². The third-order valence-electron chi connectivity index (χ3n) is 5.96. The van der Waals surface area contributed by atoms with E-state index in [1.165, 1.54) is 6.20 Å². The van der Waals surface area contributed by atoms with Gasteiger partial charge in [-0.15, -0.1) is 0 Å². The van der Waals surface area contributed by atoms with Crippen LogP contribution in [0.2, 0.25) is 0 Å². The van der Waals surface area contributed by atoms with E-state index in [2.05, 4.69) is 0 Å². The van der Waals surface area contributed by atoms with Crippen LogP contribution < -0.4 is 10.3 Å². The number of aliphatic hydroxyl groups is 1. The lowest BCUT2D eigenvalue weighted by Crippen LogP contribution is -2.32. The number of pyridine rings is 1. The summed E-state index contributed by atoms with van der Waals surface area (Å²) in [7, 11) is 0. The Morgan fingerprint density at radius 2 is 2.13 bits per heavy atom. The molecule has 4 rings (SSSR count). The average molecular weight is 416 g/mol. The van der Waals surface area contributed by atoms with E-state index in [4.69, 9.17) is 4.74 Å². The van der Waals surface area contributed by atoms with Crippen LogP contribution in [0.3, 0.4) is 0 Å². The molecule has 0 amide bonds. The molecule has 0 spiro atoms. The molecular weight excluding hydrogens is 391 g/mol. The number of hydrogen-bond donors (Lipinski definition) is 1. The van der Waals surface area contributed by atoms with Crippen molar-refractivity contribution in [1.29, 1.82) is 0 Å². The van der Waals surface area contributed by atoms with E-state index in [1.807, 2.05) is 4.90 Å². The van der Waals surface area contributed by atoms with Crippen molar-refractivity contribution >= 4 is 28.8 Å². The minimum Gasteiger partial charge on any atom is -0.462 e. The van der Waals surface area contributed by atoms with Crippen molar-refractivity contribution in [2.24, 2.45) is 0 Å². The van der Waals surface area contributed by atoms with Crippen molar-refractivity contribution in [2.75, 3.05) is 24.7 Å². The van der Waals surface area contributed by atoms with Crippen LogP contribution in [0.5, 0.6) is 0 Å². The minimum absolute atomic E-state index is 0.00806. The molecule has 1 aliphatic heterocycles. The maximum atomic E-state index is 15.3. The van der Waals surface area contributed by atoms with Crippen LogP contribution in [-0.4, -0.2) is 47.7 Å². The molecule has 7 nitrogen and oxygen atoms in total. The standard InChI is InChI=1S/C22H25FN2O5/c1-2-30-22(29)16-11-25(14-5-6-14)19-15(21(16)28)10-18(23)20(17(19)12-27)24-8-3-4-13(24)7-9-26/h10-14,26H,2-9H2,1H3. The summed E-state index contributed by atoms with van der Waals surface area (Å²) >= 11 is 0. The van der Waals surface area contributed by atoms with Gasteiger partial charge in [0.1, 0.15) is 11.4 Å². The van der Waals surface area contributed by atoms with Gasteiger partial charge in [0, 0.05) is 31.4 Å². The average Bonchev–Trinajstić information content (AvgIpc) is 3.47. The lowest BCUT2D eigenvalue weighted by Gasteiger charge is -2.29. The van der Waals surface area contributed by atoms with Crippen molar-refractivity contribution in [3.05, 3.63) is 39.4 Å². The first-order chi connectivity index (χ1) is 14.5. The van der Waals surface area contributed by atoms with Gasteiger partial charge < -0.3 is 19.3 Å². The molecule has 2 aliphatic rings. The number of carbonyl (C=O) groups excluding carboxylic acids is 2. The van der Waals surface area contributed by atoms with Gasteiger partial charge in [-0.2, -0.15) is 0 Å². The van der Waals surface area contributed by atoms with E-state index in [9.17, 15) is 19.5 Å². The van der Waals surface area contributed by atoms with Gasteiger partial charge in [0.25, 0.3) is 0 Å². The smallest absolute Gasteiger partial charge is 0.343 e. The zero-order valence-corrected chi connectivity index (χ0v) is 16.9. The quantitative estimate of drug-likeness (QED) is 0.552. The Hall–Kier alpha value is -2.74. The van der Waals surface area contributed by atoms with E-state index in [1.54, 1.807) is 11.5 Å². The highest BCUT2D eigenvalue weighted by Gasteiger charge is 2.33. The van der Waals surface area contributed by atoms with Crippen LogP contribution in [0, 0.1) is 5.82 Å². The molecule has 0 bridgehead atoms. The molecule has 1 unspecified atom stereocenters. The third-order valence-corrected chi connectivity index (χ3v) is 5.96. The summed E-state index contributed by atoms with van der Waals surface area (Å²) < 4.78 is 22.1. The number of esters is 1. The van der Waals surface area contributed by atoms with Gasteiger partial charge in [0.05, 0.1) is 28.8 Å². The lowest BCUT2D eigenvalue weighted by molar-refractivity contribution is 0.0524. The van der Waals surface area contributed by atoms with Gasteiger partial charge in [-0.3, -0.25) is 9.59 Å². The second kappa shape index (κ2) is 8.18. The minimum atomic E-state index is -0.751. The number of rotatable bonds is 7. The van der Waals surface area contributed by atoms with Gasteiger partial charge in [-0.25, -0.2) is 9.18 Å². The highest BCUT2D eigenvalue weighted by atomic mass is 19.1. The number of hydrogen-bond acceptors (Lipinski definition) is 6. The number of aldehydes is 1. The Bertz CT molecular complexity index is 1060. The van der Waals surface area contributed by atoms with Crippen molar-refractivity contribution in [1.82, 2.24) is 4.57 Å². The molecule has 160 valence electrons. The van der Waals surface area contributed by atoms with Gasteiger partial charge in [-0.1, -0.05) is 0 Å². The first-order valence-electron chi connectivity index (χ1n) is 10.4. The Morgan fingerprint density at radius 1 is 1.37 bits per heavy atom. The zero-order chi connectivity index (χ0) is 21.4. The molecule has 0 radical (unpaired) electrons. The first kappa shape index (κ1) is 20.5. The fraction of sp³-hybridized carbons (Fsp3) is 0.500. The summed E-state index contributed by atoms with van der Waals surface area (Å²) in [5, 5.41) is 9.38. The van der Waals surface area contributed by atoms with Crippen LogP contribution in [-0.2, 0) is 4.74 Å². The number of fused-ring (bicyclic) bond motifs is 1. The molecule has 2 heterocycles. The first-order valence-corrected chi connectivity index (χ1v) is 10.4. The molecule has 1 aromatic carbocycles. The zero-order valence-electron chi connectivity index (χ0n) is 16.9.